The Bertz CT molecular complexity index is 300. The van der Waals surface area contributed by atoms with E-state index in [0.29, 0.717) is 0 Å². The first-order valence-corrected chi connectivity index (χ1v) is 5.91. The number of hydrogen-bond donors (Lipinski definition) is 0. The first kappa shape index (κ1) is 11.7. The molecule has 0 fully saturated rings. The van der Waals surface area contributed by atoms with Gasteiger partial charge >= 0.3 is 5.97 Å². The van der Waals surface area contributed by atoms with Crippen molar-refractivity contribution in [2.24, 2.45) is 0 Å². The fourth-order valence-electron chi connectivity index (χ4n) is 1.04. The quantitative estimate of drug-likeness (QED) is 0.632. The topological polar surface area (TPSA) is 26.3 Å². The molecule has 1 aromatic carbocycles. The van der Waals surface area contributed by atoms with Gasteiger partial charge in [0.25, 0.3) is 0 Å². The molecule has 0 radical (unpaired) electrons. The van der Waals surface area contributed by atoms with Gasteiger partial charge in [-0.25, -0.2) is 0 Å². The van der Waals surface area contributed by atoms with Crippen LogP contribution in [-0.4, -0.2) is 17.9 Å². The number of esters is 1. The molecule has 4 heteroatoms. The van der Waals surface area contributed by atoms with Crippen molar-refractivity contribution in [1.82, 2.24) is 0 Å². The van der Waals surface area contributed by atoms with E-state index in [9.17, 15) is 4.79 Å². The molecule has 0 aromatic heterocycles. The number of carbonyl (C=O) groups is 1. The lowest BCUT2D eigenvalue weighted by Crippen LogP contribution is -2.20. The van der Waals surface area contributed by atoms with Crippen LogP contribution in [0.15, 0.2) is 30.3 Å². The minimum Gasteiger partial charge on any atom is -0.468 e. The van der Waals surface area contributed by atoms with Crippen LogP contribution in [0.5, 0.6) is 0 Å². The van der Waals surface area contributed by atoms with Crippen molar-refractivity contribution in [3.63, 3.8) is 0 Å². The summed E-state index contributed by atoms with van der Waals surface area (Å²) in [7, 11) is 1.38. The van der Waals surface area contributed by atoms with E-state index >= 15 is 0 Å². The highest BCUT2D eigenvalue weighted by Crippen LogP contribution is 2.31. The van der Waals surface area contributed by atoms with Crippen molar-refractivity contribution in [2.45, 2.75) is 9.65 Å². The van der Waals surface area contributed by atoms with Crippen LogP contribution in [0.25, 0.3) is 0 Å². The molecule has 0 unspecified atom stereocenters. The van der Waals surface area contributed by atoms with Crippen molar-refractivity contribution >= 4 is 37.8 Å². The summed E-state index contributed by atoms with van der Waals surface area (Å²) in [5, 5.41) is 0. The van der Waals surface area contributed by atoms with Gasteiger partial charge in [0.15, 0.2) is 0 Å². The molecule has 0 heterocycles. The van der Waals surface area contributed by atoms with Crippen LogP contribution in [0.2, 0.25) is 0 Å². The van der Waals surface area contributed by atoms with Gasteiger partial charge in [-0.1, -0.05) is 62.2 Å². The van der Waals surface area contributed by atoms with E-state index in [0.717, 1.165) is 5.56 Å². The Kier molecular flexibility index (Phi) is 4.62. The molecule has 1 rings (SSSR count). The Balaban J connectivity index is 2.75. The molecule has 2 atom stereocenters. The van der Waals surface area contributed by atoms with E-state index < -0.39 is 0 Å². The highest BCUT2D eigenvalue weighted by Gasteiger charge is 2.25. The van der Waals surface area contributed by atoms with E-state index in [1.807, 2.05) is 30.3 Å². The second-order valence-corrected chi connectivity index (χ2v) is 4.71. The standard InChI is InChI=1S/C10H10Br2O2/c1-14-10(13)9(12)8(11)7-5-3-2-4-6-7/h2-6,8-9H,1H3/t8-,9-/m0/s1. The summed E-state index contributed by atoms with van der Waals surface area (Å²) >= 11 is 6.73. The van der Waals surface area contributed by atoms with E-state index in [4.69, 9.17) is 0 Å². The molecular formula is C10H10Br2O2. The smallest absolute Gasteiger partial charge is 0.320 e. The second kappa shape index (κ2) is 5.51. The monoisotopic (exact) mass is 320 g/mol. The maximum atomic E-state index is 11.2. The van der Waals surface area contributed by atoms with Crippen molar-refractivity contribution in [3.05, 3.63) is 35.9 Å². The average molecular weight is 322 g/mol. The third-order valence-corrected chi connectivity index (χ3v) is 4.47. The molecule has 0 bridgehead atoms. The summed E-state index contributed by atoms with van der Waals surface area (Å²) in [6.45, 7) is 0. The van der Waals surface area contributed by atoms with E-state index in [2.05, 4.69) is 36.6 Å². The van der Waals surface area contributed by atoms with Crippen LogP contribution in [0.4, 0.5) is 0 Å². The van der Waals surface area contributed by atoms with Crippen LogP contribution in [0.1, 0.15) is 10.4 Å². The average Bonchev–Trinajstić information content (AvgIpc) is 2.27. The number of alkyl halides is 2. The lowest BCUT2D eigenvalue weighted by Gasteiger charge is -2.14. The van der Waals surface area contributed by atoms with Gasteiger partial charge in [-0.05, 0) is 5.56 Å². The summed E-state index contributed by atoms with van der Waals surface area (Å²) in [5.74, 6) is -0.282. The van der Waals surface area contributed by atoms with E-state index in [1.54, 1.807) is 0 Å². The Morgan fingerprint density at radius 3 is 2.36 bits per heavy atom. The maximum absolute atomic E-state index is 11.2. The normalized spacial score (nSPS) is 14.5. The fraction of sp³-hybridized carbons (Fsp3) is 0.300. The van der Waals surface area contributed by atoms with Crippen LogP contribution in [-0.2, 0) is 9.53 Å². The first-order chi connectivity index (χ1) is 6.66. The van der Waals surface area contributed by atoms with Crippen LogP contribution < -0.4 is 0 Å². The highest BCUT2D eigenvalue weighted by atomic mass is 79.9. The van der Waals surface area contributed by atoms with E-state index in [-0.39, 0.29) is 15.6 Å². The largest absolute Gasteiger partial charge is 0.468 e. The lowest BCUT2D eigenvalue weighted by atomic mass is 10.1. The zero-order valence-corrected chi connectivity index (χ0v) is 10.8. The van der Waals surface area contributed by atoms with Gasteiger partial charge in [0, 0.05) is 0 Å². The van der Waals surface area contributed by atoms with Crippen molar-refractivity contribution in [1.29, 1.82) is 0 Å². The SMILES string of the molecule is COC(=O)[C@@H](Br)[C@@H](Br)c1ccccc1. The zero-order valence-electron chi connectivity index (χ0n) is 7.61. The van der Waals surface area contributed by atoms with Gasteiger partial charge < -0.3 is 4.74 Å². The first-order valence-electron chi connectivity index (χ1n) is 4.07. The zero-order chi connectivity index (χ0) is 10.6. The van der Waals surface area contributed by atoms with E-state index in [1.165, 1.54) is 7.11 Å². The minimum absolute atomic E-state index is 0.0730. The molecule has 0 spiro atoms. The molecule has 0 aliphatic heterocycles. The Morgan fingerprint density at radius 1 is 1.29 bits per heavy atom. The van der Waals surface area contributed by atoms with Gasteiger partial charge in [0.05, 0.1) is 11.9 Å². The van der Waals surface area contributed by atoms with Crippen molar-refractivity contribution in [3.8, 4) is 0 Å². The molecule has 1 aromatic rings. The van der Waals surface area contributed by atoms with Gasteiger partial charge in [0.1, 0.15) is 4.83 Å². The van der Waals surface area contributed by atoms with Gasteiger partial charge in [-0.3, -0.25) is 4.79 Å². The van der Waals surface area contributed by atoms with Gasteiger partial charge in [-0.2, -0.15) is 0 Å². The summed E-state index contributed by atoms with van der Waals surface area (Å²) in [6, 6.07) is 9.71. The predicted octanol–water partition coefficient (Wildman–Crippen LogP) is 3.06. The predicted molar refractivity (Wildman–Crippen MR) is 62.8 cm³/mol. The molecule has 76 valence electrons. The molecule has 0 aliphatic rings. The molecule has 2 nitrogen and oxygen atoms in total. The van der Waals surface area contributed by atoms with Crippen LogP contribution >= 0.6 is 31.9 Å². The maximum Gasteiger partial charge on any atom is 0.320 e. The van der Waals surface area contributed by atoms with Crippen LogP contribution in [0, 0.1) is 0 Å². The lowest BCUT2D eigenvalue weighted by molar-refractivity contribution is -0.139. The number of halogens is 2. The molecular weight excluding hydrogens is 312 g/mol. The number of benzene rings is 1. The highest BCUT2D eigenvalue weighted by molar-refractivity contribution is 9.12. The molecule has 14 heavy (non-hydrogen) atoms. The Hall–Kier alpha value is -0.350. The summed E-state index contributed by atoms with van der Waals surface area (Å²) < 4.78 is 4.64. The van der Waals surface area contributed by atoms with Crippen LogP contribution in [0.3, 0.4) is 0 Å². The number of rotatable bonds is 3. The molecule has 0 N–H and O–H groups in total. The molecule has 0 aliphatic carbocycles. The number of ether oxygens (including phenoxy) is 1. The number of carbonyl (C=O) groups excluding carboxylic acids is 1. The molecule has 0 saturated heterocycles. The Labute approximate surface area is 99.9 Å². The van der Waals surface area contributed by atoms with Gasteiger partial charge in [-0.15, -0.1) is 0 Å². The van der Waals surface area contributed by atoms with Gasteiger partial charge in [0.2, 0.25) is 0 Å². The molecule has 0 saturated carbocycles. The summed E-state index contributed by atoms with van der Waals surface area (Å²) in [4.78, 5) is 10.8. The number of methoxy groups -OCH3 is 1. The number of hydrogen-bond acceptors (Lipinski definition) is 2. The third kappa shape index (κ3) is 2.82. The third-order valence-electron chi connectivity index (χ3n) is 1.80. The Morgan fingerprint density at radius 2 is 1.86 bits per heavy atom. The van der Waals surface area contributed by atoms with Crippen molar-refractivity contribution < 1.29 is 9.53 Å². The summed E-state index contributed by atoms with van der Waals surface area (Å²) in [5.41, 5.74) is 1.04. The van der Waals surface area contributed by atoms with Crippen molar-refractivity contribution in [2.75, 3.05) is 7.11 Å². The summed E-state index contributed by atoms with van der Waals surface area (Å²) in [6.07, 6.45) is 0. The fourth-order valence-corrected chi connectivity index (χ4v) is 2.05. The molecule has 0 amide bonds. The minimum atomic E-state index is -0.366. The second-order valence-electron chi connectivity index (χ2n) is 2.74.